The SMILES string of the molecule is C=C1Cn2c(cc3c(c2=O)COC(=O)[C@]3(O)C(=C)C)/C1=N/CC. The zero-order chi connectivity index (χ0) is 16.9. The van der Waals surface area contributed by atoms with Crippen molar-refractivity contribution in [2.24, 2.45) is 4.99 Å². The predicted molar refractivity (Wildman–Crippen MR) is 85.4 cm³/mol. The molecule has 0 aromatic carbocycles. The van der Waals surface area contributed by atoms with Crippen LogP contribution in [0.2, 0.25) is 0 Å². The topological polar surface area (TPSA) is 80.9 Å². The molecule has 0 radical (unpaired) electrons. The maximum Gasteiger partial charge on any atom is 0.347 e. The Hall–Kier alpha value is -2.47. The normalized spacial score (nSPS) is 24.4. The molecule has 2 aliphatic heterocycles. The fraction of sp³-hybridized carbons (Fsp3) is 0.353. The van der Waals surface area contributed by atoms with E-state index in [1.807, 2.05) is 6.92 Å². The summed E-state index contributed by atoms with van der Waals surface area (Å²) in [6, 6.07) is 1.64. The zero-order valence-electron chi connectivity index (χ0n) is 13.2. The Morgan fingerprint density at radius 2 is 2.22 bits per heavy atom. The standard InChI is InChI=1S/C17H18N2O4/c1-5-18-14-10(4)7-19-13(14)6-12-11(15(19)20)8-23-16(21)17(12,22)9(2)3/h6,22H,2,4-5,7-8H2,1,3H3/b18-14+/t17-/m0/s1. The van der Waals surface area contributed by atoms with E-state index < -0.39 is 11.6 Å². The number of hydrogen-bond acceptors (Lipinski definition) is 5. The van der Waals surface area contributed by atoms with E-state index in [1.54, 1.807) is 10.6 Å². The summed E-state index contributed by atoms with van der Waals surface area (Å²) in [6.07, 6.45) is 0. The van der Waals surface area contributed by atoms with Crippen LogP contribution in [0.3, 0.4) is 0 Å². The van der Waals surface area contributed by atoms with Crippen molar-refractivity contribution in [1.29, 1.82) is 0 Å². The van der Waals surface area contributed by atoms with E-state index in [0.29, 0.717) is 24.5 Å². The molecule has 0 saturated carbocycles. The van der Waals surface area contributed by atoms with Gasteiger partial charge < -0.3 is 14.4 Å². The number of pyridine rings is 1. The van der Waals surface area contributed by atoms with Crippen LogP contribution in [0.4, 0.5) is 0 Å². The lowest BCUT2D eigenvalue weighted by atomic mass is 9.83. The smallest absolute Gasteiger partial charge is 0.347 e. The minimum absolute atomic E-state index is 0.157. The third kappa shape index (κ3) is 1.95. The van der Waals surface area contributed by atoms with Crippen LogP contribution >= 0.6 is 0 Å². The molecular weight excluding hydrogens is 296 g/mol. The second kappa shape index (κ2) is 5.03. The van der Waals surface area contributed by atoms with E-state index >= 15 is 0 Å². The number of rotatable bonds is 2. The fourth-order valence-corrected chi connectivity index (χ4v) is 3.06. The molecule has 0 saturated heterocycles. The summed E-state index contributed by atoms with van der Waals surface area (Å²) in [4.78, 5) is 29.3. The van der Waals surface area contributed by atoms with E-state index in [9.17, 15) is 14.7 Å². The van der Waals surface area contributed by atoms with Crippen molar-refractivity contribution in [1.82, 2.24) is 4.57 Å². The largest absolute Gasteiger partial charge is 0.458 e. The highest BCUT2D eigenvalue weighted by molar-refractivity contribution is 6.13. The van der Waals surface area contributed by atoms with Crippen LogP contribution in [-0.4, -0.2) is 27.9 Å². The Balaban J connectivity index is 2.35. The van der Waals surface area contributed by atoms with Gasteiger partial charge in [-0.3, -0.25) is 9.79 Å². The Labute approximate surface area is 133 Å². The predicted octanol–water partition coefficient (Wildman–Crippen LogP) is 1.05. The average molecular weight is 314 g/mol. The van der Waals surface area contributed by atoms with Gasteiger partial charge in [-0.25, -0.2) is 4.79 Å². The first kappa shape index (κ1) is 15.4. The number of ether oxygens (including phenoxy) is 1. The van der Waals surface area contributed by atoms with E-state index in [4.69, 9.17) is 4.74 Å². The van der Waals surface area contributed by atoms with Gasteiger partial charge in [0.1, 0.15) is 6.61 Å². The van der Waals surface area contributed by atoms with Gasteiger partial charge in [0.15, 0.2) is 0 Å². The van der Waals surface area contributed by atoms with Crippen LogP contribution < -0.4 is 5.56 Å². The summed E-state index contributed by atoms with van der Waals surface area (Å²) in [7, 11) is 0. The zero-order valence-corrected chi connectivity index (χ0v) is 13.2. The van der Waals surface area contributed by atoms with Gasteiger partial charge in [0.05, 0.1) is 23.5 Å². The molecule has 3 rings (SSSR count). The van der Waals surface area contributed by atoms with Crippen molar-refractivity contribution in [2.45, 2.75) is 32.6 Å². The number of carbonyl (C=O) groups is 1. The number of esters is 1. The van der Waals surface area contributed by atoms with Crippen LogP contribution in [0, 0.1) is 0 Å². The van der Waals surface area contributed by atoms with E-state index in [1.165, 1.54) is 6.92 Å². The van der Waals surface area contributed by atoms with E-state index in [-0.39, 0.29) is 28.9 Å². The minimum atomic E-state index is -2.01. The van der Waals surface area contributed by atoms with E-state index in [2.05, 4.69) is 18.2 Å². The van der Waals surface area contributed by atoms with Crippen molar-refractivity contribution < 1.29 is 14.6 Å². The molecule has 1 aromatic rings. The fourth-order valence-electron chi connectivity index (χ4n) is 3.06. The lowest BCUT2D eigenvalue weighted by molar-refractivity contribution is -0.167. The number of cyclic esters (lactones) is 1. The first-order chi connectivity index (χ1) is 10.8. The molecular formula is C17H18N2O4. The number of fused-ring (bicyclic) bond motifs is 2. The number of aromatic nitrogens is 1. The summed E-state index contributed by atoms with van der Waals surface area (Å²) in [5.41, 5.74) is 0.331. The number of hydrogen-bond donors (Lipinski definition) is 1. The van der Waals surface area contributed by atoms with Crippen molar-refractivity contribution in [2.75, 3.05) is 6.54 Å². The maximum absolute atomic E-state index is 12.8. The Morgan fingerprint density at radius 1 is 1.52 bits per heavy atom. The average Bonchev–Trinajstić information content (AvgIpc) is 2.81. The molecule has 23 heavy (non-hydrogen) atoms. The molecule has 0 unspecified atom stereocenters. The van der Waals surface area contributed by atoms with Crippen molar-refractivity contribution in [3.63, 3.8) is 0 Å². The molecule has 0 aliphatic carbocycles. The summed E-state index contributed by atoms with van der Waals surface area (Å²) >= 11 is 0. The van der Waals surface area contributed by atoms with Crippen LogP contribution in [0.5, 0.6) is 0 Å². The minimum Gasteiger partial charge on any atom is -0.458 e. The summed E-state index contributed by atoms with van der Waals surface area (Å²) < 4.78 is 6.56. The second-order valence-corrected chi connectivity index (χ2v) is 5.81. The second-order valence-electron chi connectivity index (χ2n) is 5.81. The molecule has 6 heteroatoms. The van der Waals surface area contributed by atoms with Crippen LogP contribution in [0.15, 0.2) is 40.2 Å². The molecule has 1 atom stereocenters. The van der Waals surface area contributed by atoms with Crippen molar-refractivity contribution in [3.8, 4) is 0 Å². The molecule has 0 spiro atoms. The molecule has 1 N–H and O–H groups in total. The lowest BCUT2D eigenvalue weighted by Gasteiger charge is -2.32. The van der Waals surface area contributed by atoms with Gasteiger partial charge in [0.2, 0.25) is 5.60 Å². The number of nitrogens with zero attached hydrogens (tertiary/aromatic N) is 2. The lowest BCUT2D eigenvalue weighted by Crippen LogP contribution is -2.45. The number of aliphatic imine (C=N–C) groups is 1. The van der Waals surface area contributed by atoms with E-state index in [0.717, 1.165) is 5.57 Å². The summed E-state index contributed by atoms with van der Waals surface area (Å²) in [5, 5.41) is 10.8. The molecule has 3 heterocycles. The third-order valence-corrected chi connectivity index (χ3v) is 4.29. The van der Waals surface area contributed by atoms with Crippen molar-refractivity contribution in [3.05, 3.63) is 57.5 Å². The van der Waals surface area contributed by atoms with Gasteiger partial charge in [-0.2, -0.15) is 0 Å². The first-order valence-electron chi connectivity index (χ1n) is 7.38. The number of carbonyl (C=O) groups excluding carboxylic acids is 1. The molecule has 1 aromatic heterocycles. The maximum atomic E-state index is 12.8. The van der Waals surface area contributed by atoms with Gasteiger partial charge in [-0.05, 0) is 31.1 Å². The Morgan fingerprint density at radius 3 is 2.83 bits per heavy atom. The monoisotopic (exact) mass is 314 g/mol. The Bertz CT molecular complexity index is 847. The third-order valence-electron chi connectivity index (χ3n) is 4.29. The highest BCUT2D eigenvalue weighted by atomic mass is 16.6. The van der Waals surface area contributed by atoms with Crippen molar-refractivity contribution >= 4 is 11.7 Å². The Kier molecular flexibility index (Phi) is 3.37. The summed E-state index contributed by atoms with van der Waals surface area (Å²) in [5.74, 6) is -0.812. The molecule has 120 valence electrons. The molecule has 0 fully saturated rings. The highest BCUT2D eigenvalue weighted by Gasteiger charge is 2.47. The van der Waals surface area contributed by atoms with Crippen LogP contribution in [-0.2, 0) is 28.3 Å². The van der Waals surface area contributed by atoms with Gasteiger partial charge in [-0.1, -0.05) is 13.2 Å². The van der Waals surface area contributed by atoms with Crippen LogP contribution in [0.1, 0.15) is 30.7 Å². The van der Waals surface area contributed by atoms with Gasteiger partial charge >= 0.3 is 5.97 Å². The molecule has 0 bridgehead atoms. The number of allylic oxidation sites excluding steroid dienone is 1. The molecule has 6 nitrogen and oxygen atoms in total. The van der Waals surface area contributed by atoms with Gasteiger partial charge in [0, 0.05) is 12.1 Å². The molecule has 0 amide bonds. The van der Waals surface area contributed by atoms with Crippen LogP contribution in [0.25, 0.3) is 0 Å². The van der Waals surface area contributed by atoms with Gasteiger partial charge in [0.25, 0.3) is 5.56 Å². The van der Waals surface area contributed by atoms with Gasteiger partial charge in [-0.15, -0.1) is 0 Å². The quantitative estimate of drug-likeness (QED) is 0.653. The highest BCUT2D eigenvalue weighted by Crippen LogP contribution is 2.36. The summed E-state index contributed by atoms with van der Waals surface area (Å²) in [6.45, 7) is 11.8. The first-order valence-corrected chi connectivity index (χ1v) is 7.38. The molecule has 2 aliphatic rings. The number of aliphatic hydroxyl groups is 1.